The van der Waals surface area contributed by atoms with Crippen LogP contribution >= 0.6 is 0 Å². The van der Waals surface area contributed by atoms with Gasteiger partial charge in [0.25, 0.3) is 0 Å². The van der Waals surface area contributed by atoms with Gasteiger partial charge in [0.1, 0.15) is 11.9 Å². The van der Waals surface area contributed by atoms with Gasteiger partial charge in [0.2, 0.25) is 0 Å². The molecule has 2 N–H and O–H groups in total. The second-order valence-corrected chi connectivity index (χ2v) is 3.02. The number of hydrogen-bond acceptors (Lipinski definition) is 2. The Balaban J connectivity index is 2.81. The number of rotatable bonds is 3. The van der Waals surface area contributed by atoms with Crippen molar-refractivity contribution < 1.29 is 17.6 Å². The first-order valence-electron chi connectivity index (χ1n) is 4.32. The van der Waals surface area contributed by atoms with E-state index < -0.39 is 18.0 Å². The number of halogens is 4. The fourth-order valence-electron chi connectivity index (χ4n) is 1.07. The maximum atomic E-state index is 13.2. The van der Waals surface area contributed by atoms with Gasteiger partial charge in [-0.05, 0) is 19.0 Å². The Morgan fingerprint density at radius 1 is 1.33 bits per heavy atom. The summed E-state index contributed by atoms with van der Waals surface area (Å²) < 4.78 is 49.4. The first-order chi connectivity index (χ1) is 6.95. The Bertz CT molecular complexity index is 307. The van der Waals surface area contributed by atoms with Gasteiger partial charge in [-0.3, -0.25) is 4.98 Å². The summed E-state index contributed by atoms with van der Waals surface area (Å²) in [7, 11) is 0. The Hall–Kier alpha value is -1.17. The maximum absolute atomic E-state index is 13.2. The predicted molar refractivity (Wildman–Crippen MR) is 46.8 cm³/mol. The van der Waals surface area contributed by atoms with Crippen molar-refractivity contribution in [3.8, 4) is 0 Å². The van der Waals surface area contributed by atoms with Crippen molar-refractivity contribution in [1.82, 2.24) is 4.98 Å². The summed E-state index contributed by atoms with van der Waals surface area (Å²) in [5.74, 6) is 0. The van der Waals surface area contributed by atoms with E-state index in [1.54, 1.807) is 0 Å². The van der Waals surface area contributed by atoms with E-state index >= 15 is 0 Å². The molecule has 15 heavy (non-hydrogen) atoms. The number of nitrogens with two attached hydrogens (primary N) is 1. The summed E-state index contributed by atoms with van der Waals surface area (Å²) in [4.78, 5) is 3.15. The standard InChI is InChI=1S/C9H10F4N2/c10-7(3-4-14)6-1-2-8(15-5-6)9(11,12)13/h1-2,5,7H,3-4,14H2. The highest BCUT2D eigenvalue weighted by molar-refractivity contribution is 5.18. The van der Waals surface area contributed by atoms with E-state index in [0.29, 0.717) is 0 Å². The molecule has 0 spiro atoms. The van der Waals surface area contributed by atoms with Crippen LogP contribution in [0, 0.1) is 0 Å². The zero-order chi connectivity index (χ0) is 11.5. The third-order valence-electron chi connectivity index (χ3n) is 1.86. The monoisotopic (exact) mass is 222 g/mol. The van der Waals surface area contributed by atoms with Crippen molar-refractivity contribution in [3.05, 3.63) is 29.6 Å². The van der Waals surface area contributed by atoms with Gasteiger partial charge >= 0.3 is 6.18 Å². The topological polar surface area (TPSA) is 38.9 Å². The summed E-state index contributed by atoms with van der Waals surface area (Å²) in [5.41, 5.74) is 4.22. The van der Waals surface area contributed by atoms with Gasteiger partial charge in [0.05, 0.1) is 0 Å². The lowest BCUT2D eigenvalue weighted by Crippen LogP contribution is -2.09. The third kappa shape index (κ3) is 3.16. The first-order valence-corrected chi connectivity index (χ1v) is 4.32. The molecular formula is C9H10F4N2. The lowest BCUT2D eigenvalue weighted by atomic mass is 10.1. The van der Waals surface area contributed by atoms with E-state index in [-0.39, 0.29) is 18.5 Å². The van der Waals surface area contributed by atoms with Gasteiger partial charge in [0, 0.05) is 11.8 Å². The van der Waals surface area contributed by atoms with Gasteiger partial charge in [-0.25, -0.2) is 4.39 Å². The van der Waals surface area contributed by atoms with E-state index in [9.17, 15) is 17.6 Å². The zero-order valence-corrected chi connectivity index (χ0v) is 7.76. The molecule has 84 valence electrons. The molecule has 0 bridgehead atoms. The predicted octanol–water partition coefficient (Wildman–Crippen LogP) is 2.46. The lowest BCUT2D eigenvalue weighted by Gasteiger charge is -2.09. The van der Waals surface area contributed by atoms with Gasteiger partial charge in [0.15, 0.2) is 0 Å². The second kappa shape index (κ2) is 4.57. The van der Waals surface area contributed by atoms with Gasteiger partial charge in [-0.15, -0.1) is 0 Å². The molecule has 0 fully saturated rings. The highest BCUT2D eigenvalue weighted by Crippen LogP contribution is 2.28. The quantitative estimate of drug-likeness (QED) is 0.798. The van der Waals surface area contributed by atoms with Crippen molar-refractivity contribution in [2.45, 2.75) is 18.8 Å². The number of alkyl halides is 4. The molecule has 0 aliphatic carbocycles. The number of pyridine rings is 1. The Kier molecular flexibility index (Phi) is 3.62. The normalized spacial score (nSPS) is 13.9. The third-order valence-corrected chi connectivity index (χ3v) is 1.86. The highest BCUT2D eigenvalue weighted by Gasteiger charge is 2.32. The van der Waals surface area contributed by atoms with E-state index in [2.05, 4.69) is 4.98 Å². The van der Waals surface area contributed by atoms with Gasteiger partial charge < -0.3 is 5.73 Å². The molecule has 0 aliphatic rings. The van der Waals surface area contributed by atoms with Crippen LogP contribution in [-0.4, -0.2) is 11.5 Å². The fourth-order valence-corrected chi connectivity index (χ4v) is 1.07. The molecular weight excluding hydrogens is 212 g/mol. The van der Waals surface area contributed by atoms with E-state index in [4.69, 9.17) is 5.73 Å². The lowest BCUT2D eigenvalue weighted by molar-refractivity contribution is -0.141. The Morgan fingerprint density at radius 2 is 2.00 bits per heavy atom. The molecule has 0 aromatic carbocycles. The van der Waals surface area contributed by atoms with Gasteiger partial charge in [-0.1, -0.05) is 6.07 Å². The minimum absolute atomic E-state index is 0.0764. The summed E-state index contributed by atoms with van der Waals surface area (Å²) in [6, 6.07) is 1.84. The van der Waals surface area contributed by atoms with Crippen LogP contribution in [0.25, 0.3) is 0 Å². The Labute approximate surface area is 84.1 Å². The number of hydrogen-bond donors (Lipinski definition) is 1. The van der Waals surface area contributed by atoms with E-state index in [1.165, 1.54) is 0 Å². The molecule has 1 atom stereocenters. The highest BCUT2D eigenvalue weighted by atomic mass is 19.4. The largest absolute Gasteiger partial charge is 0.433 e. The molecule has 0 radical (unpaired) electrons. The van der Waals surface area contributed by atoms with Crippen molar-refractivity contribution in [2.24, 2.45) is 5.73 Å². The zero-order valence-electron chi connectivity index (χ0n) is 7.76. The van der Waals surface area contributed by atoms with Crippen molar-refractivity contribution in [2.75, 3.05) is 6.54 Å². The molecule has 0 saturated heterocycles. The summed E-state index contributed by atoms with van der Waals surface area (Å²) in [6.45, 7) is 0.141. The van der Waals surface area contributed by atoms with Crippen LogP contribution in [0.15, 0.2) is 18.3 Å². The molecule has 1 aromatic heterocycles. The van der Waals surface area contributed by atoms with Crippen molar-refractivity contribution in [1.29, 1.82) is 0 Å². The smallest absolute Gasteiger partial charge is 0.330 e. The summed E-state index contributed by atoms with van der Waals surface area (Å²) in [6.07, 6.45) is -4.88. The molecule has 0 saturated carbocycles. The summed E-state index contributed by atoms with van der Waals surface area (Å²) >= 11 is 0. The summed E-state index contributed by atoms with van der Waals surface area (Å²) in [5, 5.41) is 0. The SMILES string of the molecule is NCCC(F)c1ccc(C(F)(F)F)nc1. The van der Waals surface area contributed by atoms with Crippen LogP contribution in [0.3, 0.4) is 0 Å². The van der Waals surface area contributed by atoms with Crippen LogP contribution < -0.4 is 5.73 Å². The molecule has 0 amide bonds. The minimum atomic E-state index is -4.49. The maximum Gasteiger partial charge on any atom is 0.433 e. The second-order valence-electron chi connectivity index (χ2n) is 3.02. The minimum Gasteiger partial charge on any atom is -0.330 e. The van der Waals surface area contributed by atoms with Crippen LogP contribution in [0.4, 0.5) is 17.6 Å². The molecule has 1 rings (SSSR count). The molecule has 1 heterocycles. The van der Waals surface area contributed by atoms with Crippen LogP contribution in [0.5, 0.6) is 0 Å². The van der Waals surface area contributed by atoms with E-state index in [0.717, 1.165) is 18.3 Å². The van der Waals surface area contributed by atoms with E-state index in [1.807, 2.05) is 0 Å². The van der Waals surface area contributed by atoms with Crippen LogP contribution in [-0.2, 0) is 6.18 Å². The molecule has 0 aliphatic heterocycles. The fraction of sp³-hybridized carbons (Fsp3) is 0.444. The van der Waals surface area contributed by atoms with Crippen LogP contribution in [0.2, 0.25) is 0 Å². The average Bonchev–Trinajstić information content (AvgIpc) is 2.17. The number of aromatic nitrogens is 1. The van der Waals surface area contributed by atoms with Gasteiger partial charge in [-0.2, -0.15) is 13.2 Å². The molecule has 1 aromatic rings. The van der Waals surface area contributed by atoms with Crippen LogP contribution in [0.1, 0.15) is 23.8 Å². The molecule has 1 unspecified atom stereocenters. The number of nitrogens with zero attached hydrogens (tertiary/aromatic N) is 1. The van der Waals surface area contributed by atoms with Crippen molar-refractivity contribution in [3.63, 3.8) is 0 Å². The Morgan fingerprint density at radius 3 is 2.40 bits per heavy atom. The van der Waals surface area contributed by atoms with Crippen molar-refractivity contribution >= 4 is 0 Å². The first kappa shape index (κ1) is 11.9. The average molecular weight is 222 g/mol. The molecule has 2 nitrogen and oxygen atoms in total. The molecule has 6 heteroatoms.